The molecule has 1 aliphatic carbocycles. The Kier molecular flexibility index (Phi) is 9.82. The second kappa shape index (κ2) is 13.0. The summed E-state index contributed by atoms with van der Waals surface area (Å²) in [6.07, 6.45) is 8.32. The van der Waals surface area contributed by atoms with E-state index in [4.69, 9.17) is 9.47 Å². The lowest BCUT2D eigenvalue weighted by Gasteiger charge is -2.32. The Morgan fingerprint density at radius 1 is 1.12 bits per heavy atom. The lowest BCUT2D eigenvalue weighted by atomic mass is 9.78. The smallest absolute Gasteiger partial charge is 0.407 e. The number of alkyl carbamates (subject to hydrolysis) is 1. The van der Waals surface area contributed by atoms with Crippen LogP contribution >= 0.6 is 0 Å². The van der Waals surface area contributed by atoms with E-state index in [2.05, 4.69) is 40.2 Å². The van der Waals surface area contributed by atoms with E-state index in [9.17, 15) is 9.59 Å². The highest BCUT2D eigenvalue weighted by Gasteiger charge is 2.31. The summed E-state index contributed by atoms with van der Waals surface area (Å²) in [6, 6.07) is 4.97. The number of anilines is 1. The van der Waals surface area contributed by atoms with Gasteiger partial charge in [0.1, 0.15) is 18.0 Å². The highest BCUT2D eigenvalue weighted by molar-refractivity contribution is 6.76. The summed E-state index contributed by atoms with van der Waals surface area (Å²) in [5.74, 6) is 1.06. The molecule has 1 fully saturated rings. The standard InChI is InChI=1S/C31H48N6O4Si/c1-21(34-30(39)41-31(2,3)4)22-9-11-23(12-10-22)29(38)35-25-13-14-32-27-24(25)19-26(28-33-15-16-36(28)5)37(27)20-40-17-18-42(6,7)8/h13-16,19,21-23H,9-12,17-18,20H2,1-8H3,(H,34,39)(H,32,35,38). The van der Waals surface area contributed by atoms with Gasteiger partial charge in [0, 0.05) is 57.7 Å². The number of fused-ring (bicyclic) bond motifs is 1. The van der Waals surface area contributed by atoms with E-state index in [0.717, 1.165) is 60.0 Å². The third-order valence-electron chi connectivity index (χ3n) is 7.92. The van der Waals surface area contributed by atoms with Crippen molar-refractivity contribution < 1.29 is 19.1 Å². The van der Waals surface area contributed by atoms with Gasteiger partial charge in [-0.3, -0.25) is 9.36 Å². The van der Waals surface area contributed by atoms with Crippen LogP contribution in [0.1, 0.15) is 53.4 Å². The Balaban J connectivity index is 1.45. The first-order chi connectivity index (χ1) is 19.7. The number of aromatic nitrogens is 4. The third kappa shape index (κ3) is 8.22. The summed E-state index contributed by atoms with van der Waals surface area (Å²) in [5.41, 5.74) is 1.86. The zero-order valence-electron chi connectivity index (χ0n) is 26.5. The molecule has 1 aliphatic rings. The highest BCUT2D eigenvalue weighted by Crippen LogP contribution is 2.34. The minimum atomic E-state index is -1.22. The van der Waals surface area contributed by atoms with Gasteiger partial charge in [0.25, 0.3) is 0 Å². The number of nitrogens with zero attached hydrogens (tertiary/aromatic N) is 4. The van der Waals surface area contributed by atoms with Crippen LogP contribution in [0.5, 0.6) is 0 Å². The van der Waals surface area contributed by atoms with E-state index in [1.54, 1.807) is 12.4 Å². The van der Waals surface area contributed by atoms with Crippen molar-refractivity contribution in [2.24, 2.45) is 18.9 Å². The van der Waals surface area contributed by atoms with E-state index < -0.39 is 19.8 Å². The number of nitrogens with one attached hydrogen (secondary N) is 2. The number of pyridine rings is 1. The number of ether oxygens (including phenoxy) is 2. The lowest BCUT2D eigenvalue weighted by molar-refractivity contribution is -0.121. The zero-order valence-corrected chi connectivity index (χ0v) is 27.5. The molecule has 2 amide bonds. The van der Waals surface area contributed by atoms with Gasteiger partial charge in [-0.2, -0.15) is 0 Å². The largest absolute Gasteiger partial charge is 0.444 e. The van der Waals surface area contributed by atoms with Crippen molar-refractivity contribution in [3.63, 3.8) is 0 Å². The molecule has 10 nitrogen and oxygen atoms in total. The maximum Gasteiger partial charge on any atom is 0.407 e. The van der Waals surface area contributed by atoms with E-state index in [1.165, 1.54) is 0 Å². The molecule has 230 valence electrons. The molecule has 0 aliphatic heterocycles. The maximum absolute atomic E-state index is 13.4. The molecule has 3 aromatic rings. The zero-order chi connectivity index (χ0) is 30.7. The number of amides is 2. The molecular weight excluding hydrogens is 548 g/mol. The van der Waals surface area contributed by atoms with Crippen LogP contribution in [-0.2, 0) is 28.0 Å². The van der Waals surface area contributed by atoms with Crippen molar-refractivity contribution in [1.82, 2.24) is 24.4 Å². The Labute approximate surface area is 250 Å². The van der Waals surface area contributed by atoms with Gasteiger partial charge >= 0.3 is 6.09 Å². The molecular formula is C31H48N6O4Si. The Morgan fingerprint density at radius 2 is 1.83 bits per heavy atom. The van der Waals surface area contributed by atoms with Crippen LogP contribution in [0.4, 0.5) is 10.5 Å². The van der Waals surface area contributed by atoms with Crippen molar-refractivity contribution in [1.29, 1.82) is 0 Å². The summed E-state index contributed by atoms with van der Waals surface area (Å²) in [6.45, 7) is 15.7. The highest BCUT2D eigenvalue weighted by atomic mass is 28.3. The van der Waals surface area contributed by atoms with Gasteiger partial charge in [-0.05, 0) is 77.5 Å². The molecule has 0 spiro atoms. The van der Waals surface area contributed by atoms with Crippen LogP contribution in [0, 0.1) is 11.8 Å². The number of carbonyl (C=O) groups is 2. The van der Waals surface area contributed by atoms with E-state index in [-0.39, 0.29) is 17.9 Å². The molecule has 1 unspecified atom stereocenters. The fourth-order valence-electron chi connectivity index (χ4n) is 5.45. The minimum Gasteiger partial charge on any atom is -0.444 e. The number of carbonyl (C=O) groups excluding carboxylic acids is 2. The van der Waals surface area contributed by atoms with Gasteiger partial charge in [0.2, 0.25) is 5.91 Å². The quantitative estimate of drug-likeness (QED) is 0.207. The summed E-state index contributed by atoms with van der Waals surface area (Å²) in [5, 5.41) is 7.03. The first-order valence-corrected chi connectivity index (χ1v) is 18.8. The Bertz CT molecular complexity index is 1380. The molecule has 3 heterocycles. The first kappa shape index (κ1) is 31.7. The molecule has 4 rings (SSSR count). The van der Waals surface area contributed by atoms with Crippen LogP contribution < -0.4 is 10.6 Å². The second-order valence-electron chi connectivity index (χ2n) is 13.8. The van der Waals surface area contributed by atoms with E-state index in [1.807, 2.05) is 62.2 Å². The van der Waals surface area contributed by atoms with Crippen LogP contribution in [0.3, 0.4) is 0 Å². The van der Waals surface area contributed by atoms with E-state index >= 15 is 0 Å². The van der Waals surface area contributed by atoms with Gasteiger partial charge in [-0.25, -0.2) is 14.8 Å². The number of aryl methyl sites for hydroxylation is 1. The van der Waals surface area contributed by atoms with Gasteiger partial charge in [-0.1, -0.05) is 19.6 Å². The third-order valence-corrected chi connectivity index (χ3v) is 9.62. The van der Waals surface area contributed by atoms with Gasteiger partial charge in [0.05, 0.1) is 11.4 Å². The fraction of sp³-hybridized carbons (Fsp3) is 0.613. The molecule has 0 bridgehead atoms. The summed E-state index contributed by atoms with van der Waals surface area (Å²) in [4.78, 5) is 34.9. The molecule has 11 heteroatoms. The number of hydrogen-bond donors (Lipinski definition) is 2. The van der Waals surface area contributed by atoms with Crippen molar-refractivity contribution in [3.8, 4) is 11.5 Å². The molecule has 3 aromatic heterocycles. The Morgan fingerprint density at radius 3 is 2.45 bits per heavy atom. The molecule has 0 aromatic carbocycles. The average molecular weight is 597 g/mol. The van der Waals surface area contributed by atoms with Crippen LogP contribution in [-0.4, -0.2) is 57.4 Å². The Hall–Kier alpha value is -3.18. The maximum atomic E-state index is 13.4. The lowest BCUT2D eigenvalue weighted by Crippen LogP contribution is -2.42. The van der Waals surface area contributed by atoms with Crippen molar-refractivity contribution >= 4 is 36.8 Å². The van der Waals surface area contributed by atoms with Crippen molar-refractivity contribution in [2.45, 2.75) is 97.4 Å². The predicted octanol–water partition coefficient (Wildman–Crippen LogP) is 6.41. The van der Waals surface area contributed by atoms with Crippen LogP contribution in [0.2, 0.25) is 25.7 Å². The van der Waals surface area contributed by atoms with Gasteiger partial charge < -0.3 is 24.7 Å². The van der Waals surface area contributed by atoms with E-state index in [0.29, 0.717) is 19.3 Å². The fourth-order valence-corrected chi connectivity index (χ4v) is 6.20. The molecule has 0 saturated heterocycles. The molecule has 1 saturated carbocycles. The monoisotopic (exact) mass is 596 g/mol. The summed E-state index contributed by atoms with van der Waals surface area (Å²) >= 11 is 0. The number of imidazole rings is 1. The van der Waals surface area contributed by atoms with Gasteiger partial charge in [-0.15, -0.1) is 0 Å². The number of hydrogen-bond acceptors (Lipinski definition) is 6. The van der Waals surface area contributed by atoms with Crippen molar-refractivity contribution in [2.75, 3.05) is 11.9 Å². The van der Waals surface area contributed by atoms with Crippen LogP contribution in [0.25, 0.3) is 22.6 Å². The summed E-state index contributed by atoms with van der Waals surface area (Å²) in [7, 11) is 0.747. The van der Waals surface area contributed by atoms with Gasteiger partial charge in [0.15, 0.2) is 5.82 Å². The normalized spacial score (nSPS) is 18.6. The molecule has 42 heavy (non-hydrogen) atoms. The summed E-state index contributed by atoms with van der Waals surface area (Å²) < 4.78 is 15.6. The number of rotatable bonds is 10. The topological polar surface area (TPSA) is 112 Å². The molecule has 1 atom stereocenters. The minimum absolute atomic E-state index is 0.0130. The second-order valence-corrected chi connectivity index (χ2v) is 19.4. The van der Waals surface area contributed by atoms with Crippen LogP contribution in [0.15, 0.2) is 30.7 Å². The first-order valence-electron chi connectivity index (χ1n) is 15.1. The molecule has 0 radical (unpaired) electrons. The van der Waals surface area contributed by atoms with Crippen molar-refractivity contribution in [3.05, 3.63) is 30.7 Å². The SMILES string of the molecule is CC(NC(=O)OC(C)(C)C)C1CCC(C(=O)Nc2ccnc3c2cc(-c2nccn2C)n3COCC[Si](C)(C)C)CC1. The average Bonchev–Trinajstić information content (AvgIpc) is 3.48. The predicted molar refractivity (Wildman–Crippen MR) is 169 cm³/mol. The molecule has 2 N–H and O–H groups in total.